The Hall–Kier alpha value is -1.82. The van der Waals surface area contributed by atoms with Crippen LogP contribution in [0.4, 0.5) is 0 Å². The number of carbonyl (C=O) groups excluding carboxylic acids is 5. The predicted octanol–water partition coefficient (Wildman–Crippen LogP) is 5.17. The molecule has 15 nitrogen and oxygen atoms in total. The van der Waals surface area contributed by atoms with Crippen molar-refractivity contribution in [2.75, 3.05) is 13.7 Å². The quantitative estimate of drug-likeness (QED) is 0.0215. The second kappa shape index (κ2) is 35.4. The molecule has 1 amide bonds. The smallest absolute Gasteiger partial charge is 0.726 e. The van der Waals surface area contributed by atoms with Crippen LogP contribution < -0.4 is 29.6 Å². The van der Waals surface area contributed by atoms with Crippen LogP contribution in [0.5, 0.6) is 0 Å². The minimum absolute atomic E-state index is 0. The summed E-state index contributed by atoms with van der Waals surface area (Å²) < 4.78 is 61.3. The molecule has 1 rings (SSSR count). The van der Waals surface area contributed by atoms with Crippen molar-refractivity contribution in [3.63, 3.8) is 0 Å². The van der Waals surface area contributed by atoms with Crippen LogP contribution >= 0.6 is 0 Å². The van der Waals surface area contributed by atoms with Crippen LogP contribution in [0.25, 0.3) is 0 Å². The second-order valence-corrected chi connectivity index (χ2v) is 18.1. The van der Waals surface area contributed by atoms with E-state index in [0.717, 1.165) is 51.4 Å². The van der Waals surface area contributed by atoms with Gasteiger partial charge in [-0.3, -0.25) is 23.4 Å². The molecule has 0 spiro atoms. The minimum atomic E-state index is -4.94. The summed E-state index contributed by atoms with van der Waals surface area (Å²) in [5.74, 6) is -1.89. The van der Waals surface area contributed by atoms with Gasteiger partial charge in [0.25, 0.3) is 0 Å². The first kappa shape index (κ1) is 60.2. The molecule has 0 aliphatic carbocycles. The monoisotopic (exact) mass is 914 g/mol. The van der Waals surface area contributed by atoms with Crippen LogP contribution in [0.15, 0.2) is 0 Å². The Morgan fingerprint density at radius 2 is 1.16 bits per heavy atom. The van der Waals surface area contributed by atoms with E-state index in [2.05, 4.69) is 13.8 Å². The van der Waals surface area contributed by atoms with E-state index in [1.807, 2.05) is 0 Å². The Bertz CT molecular complexity index is 1370. The van der Waals surface area contributed by atoms with E-state index in [1.54, 1.807) is 4.90 Å². The molecule has 0 bridgehead atoms. The molecule has 0 aromatic rings. The summed E-state index contributed by atoms with van der Waals surface area (Å²) in [4.78, 5) is 63.1. The minimum Gasteiger partial charge on any atom is -0.726 e. The zero-order valence-corrected chi connectivity index (χ0v) is 42.1. The molecule has 62 heavy (non-hydrogen) atoms. The van der Waals surface area contributed by atoms with Crippen molar-refractivity contribution in [3.05, 3.63) is 0 Å². The number of aliphatic hydroxyl groups excluding tert-OH is 1. The van der Waals surface area contributed by atoms with E-state index in [-0.39, 0.29) is 67.3 Å². The number of hydrogen-bond acceptors (Lipinski definition) is 14. The third-order valence-electron chi connectivity index (χ3n) is 11.4. The summed E-state index contributed by atoms with van der Waals surface area (Å²) in [5, 5.41) is 10.5. The van der Waals surface area contributed by atoms with Crippen LogP contribution in [0.3, 0.4) is 0 Å². The fourth-order valence-electron chi connectivity index (χ4n) is 8.36. The topological polar surface area (TPSA) is 212 Å². The van der Waals surface area contributed by atoms with Gasteiger partial charge in [0.1, 0.15) is 18.2 Å². The average molecular weight is 914 g/mol. The second-order valence-electron chi connectivity index (χ2n) is 17.0. The summed E-state index contributed by atoms with van der Waals surface area (Å²) in [5.41, 5.74) is 0. The number of hydrogen-bond donors (Lipinski definition) is 1. The Morgan fingerprint density at radius 3 is 1.69 bits per heavy atom. The van der Waals surface area contributed by atoms with E-state index in [1.165, 1.54) is 60.0 Å². The van der Waals surface area contributed by atoms with Gasteiger partial charge in [0, 0.05) is 33.7 Å². The van der Waals surface area contributed by atoms with Crippen LogP contribution in [0, 0.1) is 5.92 Å². The number of nitrogens with zero attached hydrogens (tertiary/aromatic N) is 1. The Morgan fingerprint density at radius 1 is 0.694 bits per heavy atom. The van der Waals surface area contributed by atoms with Crippen molar-refractivity contribution in [2.24, 2.45) is 5.92 Å². The molecular formula is C45H80NNaO14S. The first-order valence-electron chi connectivity index (χ1n) is 23.2. The van der Waals surface area contributed by atoms with Crippen molar-refractivity contribution in [3.8, 4) is 0 Å². The molecule has 0 unspecified atom stereocenters. The van der Waals surface area contributed by atoms with Gasteiger partial charge in [0.2, 0.25) is 16.3 Å². The maximum Gasteiger partial charge on any atom is 1.00 e. The number of esters is 4. The van der Waals surface area contributed by atoms with E-state index >= 15 is 0 Å². The Balaban J connectivity index is 0.0000372. The standard InChI is InChI=1S/C45H81NO14S.Na/c1-7-8-9-11-16-24-34(2)33-38(50)25-17-12-10-13-18-26-39(60-61(53,54)55)27-21-22-30-42(58-36(4)48)44(59-37(5)49)41(57-35(3)47)29-19-14-15-20-31-43(51)46-32-23-28-40(46)45(52)56-6;/h34,38-42,44,50H,7-33H2,1-6H3,(H,53,54,55);/q;+1/p-1/t34-,38+,39+,40+,41+,42-,44+;/m1./s1. The van der Waals surface area contributed by atoms with Gasteiger partial charge in [0.15, 0.2) is 6.10 Å². The molecule has 1 aliphatic rings. The summed E-state index contributed by atoms with van der Waals surface area (Å²) in [7, 11) is -3.63. The molecule has 356 valence electrons. The number of ether oxygens (including phenoxy) is 4. The van der Waals surface area contributed by atoms with Crippen LogP contribution in [-0.2, 0) is 57.5 Å². The molecule has 1 saturated heterocycles. The summed E-state index contributed by atoms with van der Waals surface area (Å²) in [6, 6.07) is -0.542. The Labute approximate surface area is 395 Å². The van der Waals surface area contributed by atoms with E-state index < -0.39 is 64.7 Å². The predicted molar refractivity (Wildman–Crippen MR) is 230 cm³/mol. The first-order chi connectivity index (χ1) is 29.0. The van der Waals surface area contributed by atoms with E-state index in [4.69, 9.17) is 23.1 Å². The van der Waals surface area contributed by atoms with Gasteiger partial charge in [-0.05, 0) is 76.5 Å². The van der Waals surface area contributed by atoms with Gasteiger partial charge in [-0.1, -0.05) is 104 Å². The average Bonchev–Trinajstić information content (AvgIpc) is 3.67. The zero-order valence-electron chi connectivity index (χ0n) is 39.2. The van der Waals surface area contributed by atoms with Gasteiger partial charge in [0.05, 0.1) is 19.3 Å². The molecule has 1 N–H and O–H groups in total. The zero-order chi connectivity index (χ0) is 45.6. The molecule has 1 fully saturated rings. The number of methoxy groups -OCH3 is 1. The number of amides is 1. The van der Waals surface area contributed by atoms with Crippen molar-refractivity contribution in [1.29, 1.82) is 0 Å². The summed E-state index contributed by atoms with van der Waals surface area (Å²) in [6.07, 6.45) is 15.1. The molecule has 17 heteroatoms. The molecule has 7 atom stereocenters. The SMILES string of the molecule is CCCCCCC[C@@H](C)C[C@@H](O)CCCCCCC[C@@H](CCCC[C@@H](OC(C)=O)[C@@H](OC(C)=O)[C@H](CCCCCCC(=O)N1CCC[C@H]1C(=O)OC)OC(C)=O)OS(=O)(=O)[O-].[Na+]. The summed E-state index contributed by atoms with van der Waals surface area (Å²) in [6.45, 7) is 8.60. The largest absolute Gasteiger partial charge is 1.00 e. The third kappa shape index (κ3) is 29.6. The third-order valence-corrected chi connectivity index (χ3v) is 11.9. The van der Waals surface area contributed by atoms with Crippen LogP contribution in [-0.4, -0.2) is 103 Å². The van der Waals surface area contributed by atoms with Gasteiger partial charge < -0.3 is 33.5 Å². The molecule has 1 heterocycles. The molecule has 0 aromatic carbocycles. The fourth-order valence-corrected chi connectivity index (χ4v) is 8.88. The van der Waals surface area contributed by atoms with Gasteiger partial charge in [-0.2, -0.15) is 0 Å². The van der Waals surface area contributed by atoms with Gasteiger partial charge >= 0.3 is 53.4 Å². The van der Waals surface area contributed by atoms with Crippen molar-refractivity contribution < 1.29 is 94.7 Å². The van der Waals surface area contributed by atoms with Gasteiger partial charge in [-0.15, -0.1) is 0 Å². The molecule has 1 aliphatic heterocycles. The number of likely N-dealkylation sites (tertiary alicyclic amines) is 1. The number of unbranched alkanes of at least 4 members (excludes halogenated alkanes) is 12. The number of rotatable bonds is 36. The van der Waals surface area contributed by atoms with Crippen LogP contribution in [0.2, 0.25) is 0 Å². The fraction of sp³-hybridized carbons (Fsp3) is 0.889. The molecule has 0 aromatic heterocycles. The summed E-state index contributed by atoms with van der Waals surface area (Å²) >= 11 is 0. The van der Waals surface area contributed by atoms with Crippen molar-refractivity contribution >= 4 is 40.2 Å². The van der Waals surface area contributed by atoms with E-state index in [0.29, 0.717) is 70.3 Å². The molecule has 0 radical (unpaired) electrons. The number of carbonyl (C=O) groups is 5. The van der Waals surface area contributed by atoms with Crippen LogP contribution in [0.1, 0.15) is 202 Å². The van der Waals surface area contributed by atoms with Crippen molar-refractivity contribution in [2.45, 2.75) is 238 Å². The van der Waals surface area contributed by atoms with Crippen molar-refractivity contribution in [1.82, 2.24) is 4.90 Å². The number of aliphatic hydroxyl groups is 1. The van der Waals surface area contributed by atoms with Gasteiger partial charge in [-0.25, -0.2) is 13.2 Å². The normalized spacial score (nSPS) is 16.9. The maximum atomic E-state index is 12.8. The molecule has 0 saturated carbocycles. The Kier molecular flexibility index (Phi) is 34.4. The van der Waals surface area contributed by atoms with E-state index in [9.17, 15) is 42.0 Å². The molecular weight excluding hydrogens is 834 g/mol. The maximum absolute atomic E-state index is 12.8. The first-order valence-corrected chi connectivity index (χ1v) is 24.5.